The number of rotatable bonds is 6. The van der Waals surface area contributed by atoms with Gasteiger partial charge in [0.1, 0.15) is 3.70 Å². The van der Waals surface area contributed by atoms with E-state index in [2.05, 4.69) is 41.5 Å². The lowest BCUT2D eigenvalue weighted by Gasteiger charge is -2.06. The molecule has 1 heterocycles. The van der Waals surface area contributed by atoms with Crippen molar-refractivity contribution < 1.29 is 4.74 Å². The third-order valence-corrected chi connectivity index (χ3v) is 2.49. The normalized spacial score (nSPS) is 11.1. The van der Waals surface area contributed by atoms with E-state index < -0.39 is 0 Å². The fourth-order valence-electron chi connectivity index (χ4n) is 1.04. The monoisotopic (exact) mass is 308 g/mol. The Labute approximate surface area is 99.0 Å². The largest absolute Gasteiger partial charge is 0.380 e. The molecule has 0 aromatic carbocycles. The van der Waals surface area contributed by atoms with Crippen LogP contribution in [0.1, 0.15) is 20.3 Å². The van der Waals surface area contributed by atoms with Gasteiger partial charge in [-0.25, -0.2) is 0 Å². The molecule has 0 unspecified atom stereocenters. The Hall–Kier alpha value is -0.100. The second kappa shape index (κ2) is 6.40. The predicted octanol–water partition coefficient (Wildman–Crippen LogP) is 2.55. The van der Waals surface area contributed by atoms with Gasteiger partial charge in [-0.15, -0.1) is 0 Å². The van der Waals surface area contributed by atoms with Crippen molar-refractivity contribution in [3.8, 4) is 0 Å². The molecule has 0 amide bonds. The highest BCUT2D eigenvalue weighted by Gasteiger charge is 1.96. The molecule has 1 aromatic rings. The van der Waals surface area contributed by atoms with Gasteiger partial charge in [0.2, 0.25) is 0 Å². The quantitative estimate of drug-likeness (QED) is 0.596. The topological polar surface area (TPSA) is 27.1 Å². The summed E-state index contributed by atoms with van der Waals surface area (Å²) in [6.07, 6.45) is 3.12. The molecule has 0 atom stereocenters. The summed E-state index contributed by atoms with van der Waals surface area (Å²) in [4.78, 5) is 0. The van der Waals surface area contributed by atoms with Crippen molar-refractivity contribution in [2.75, 3.05) is 13.2 Å². The van der Waals surface area contributed by atoms with Crippen LogP contribution in [0.15, 0.2) is 12.3 Å². The van der Waals surface area contributed by atoms with Gasteiger partial charge in [-0.05, 0) is 41.0 Å². The third-order valence-electron chi connectivity index (χ3n) is 1.91. The fourth-order valence-corrected chi connectivity index (χ4v) is 1.48. The zero-order chi connectivity index (χ0) is 10.4. The Kier molecular flexibility index (Phi) is 5.47. The van der Waals surface area contributed by atoms with Gasteiger partial charge in [-0.3, -0.25) is 4.68 Å². The van der Waals surface area contributed by atoms with Crippen LogP contribution in [0.3, 0.4) is 0 Å². The molecule has 1 aromatic heterocycles. The summed E-state index contributed by atoms with van der Waals surface area (Å²) in [5, 5.41) is 4.27. The Balaban J connectivity index is 2.04. The minimum Gasteiger partial charge on any atom is -0.380 e. The number of aromatic nitrogens is 2. The maximum absolute atomic E-state index is 5.49. The van der Waals surface area contributed by atoms with E-state index in [1.807, 2.05) is 16.9 Å². The Bertz CT molecular complexity index is 260. The summed E-state index contributed by atoms with van der Waals surface area (Å²) >= 11 is 2.20. The molecule has 0 bridgehead atoms. The van der Waals surface area contributed by atoms with Gasteiger partial charge in [-0.1, -0.05) is 13.8 Å². The van der Waals surface area contributed by atoms with Crippen molar-refractivity contribution in [1.29, 1.82) is 0 Å². The average Bonchev–Trinajstić information content (AvgIpc) is 2.50. The van der Waals surface area contributed by atoms with E-state index in [4.69, 9.17) is 4.74 Å². The Morgan fingerprint density at radius 3 is 2.86 bits per heavy atom. The van der Waals surface area contributed by atoms with Crippen LogP contribution in [0.4, 0.5) is 0 Å². The van der Waals surface area contributed by atoms with Crippen molar-refractivity contribution in [2.45, 2.75) is 26.8 Å². The highest BCUT2D eigenvalue weighted by Crippen LogP contribution is 2.00. The van der Waals surface area contributed by atoms with Crippen molar-refractivity contribution in [2.24, 2.45) is 5.92 Å². The van der Waals surface area contributed by atoms with Crippen LogP contribution in [-0.2, 0) is 11.3 Å². The van der Waals surface area contributed by atoms with Gasteiger partial charge >= 0.3 is 0 Å². The number of nitrogens with zero attached hydrogens (tertiary/aromatic N) is 2. The van der Waals surface area contributed by atoms with E-state index in [9.17, 15) is 0 Å². The summed E-state index contributed by atoms with van der Waals surface area (Å²) in [6.45, 7) is 6.88. The summed E-state index contributed by atoms with van der Waals surface area (Å²) < 4.78 is 8.44. The molecular weight excluding hydrogens is 291 g/mol. The van der Waals surface area contributed by atoms with E-state index in [0.717, 1.165) is 35.8 Å². The number of hydrogen-bond acceptors (Lipinski definition) is 2. The average molecular weight is 308 g/mol. The molecule has 0 radical (unpaired) electrons. The Morgan fingerprint density at radius 1 is 1.50 bits per heavy atom. The SMILES string of the molecule is CC(C)CCOCCn1ccc(I)n1. The van der Waals surface area contributed by atoms with Gasteiger partial charge in [-0.2, -0.15) is 5.10 Å². The first kappa shape index (κ1) is 12.0. The third kappa shape index (κ3) is 4.95. The molecule has 3 nitrogen and oxygen atoms in total. The molecule has 0 aliphatic rings. The molecule has 14 heavy (non-hydrogen) atoms. The number of ether oxygens (including phenoxy) is 1. The van der Waals surface area contributed by atoms with Gasteiger partial charge in [0.05, 0.1) is 13.2 Å². The van der Waals surface area contributed by atoms with Crippen LogP contribution in [0.2, 0.25) is 0 Å². The predicted molar refractivity (Wildman–Crippen MR) is 65.2 cm³/mol. The van der Waals surface area contributed by atoms with Crippen LogP contribution < -0.4 is 0 Å². The van der Waals surface area contributed by atoms with Crippen molar-refractivity contribution in [1.82, 2.24) is 9.78 Å². The highest BCUT2D eigenvalue weighted by atomic mass is 127. The molecule has 0 saturated carbocycles. The molecule has 1 rings (SSSR count). The first-order valence-electron chi connectivity index (χ1n) is 4.95. The van der Waals surface area contributed by atoms with Gasteiger partial charge in [0, 0.05) is 12.8 Å². The number of hydrogen-bond donors (Lipinski definition) is 0. The summed E-state index contributed by atoms with van der Waals surface area (Å²) in [7, 11) is 0. The van der Waals surface area contributed by atoms with E-state index >= 15 is 0 Å². The molecule has 0 saturated heterocycles. The van der Waals surface area contributed by atoms with Crippen LogP contribution in [0.25, 0.3) is 0 Å². The molecule has 0 aliphatic heterocycles. The minimum absolute atomic E-state index is 0.723. The van der Waals surface area contributed by atoms with Crippen LogP contribution in [0.5, 0.6) is 0 Å². The number of halogens is 1. The zero-order valence-corrected chi connectivity index (χ0v) is 10.9. The van der Waals surface area contributed by atoms with E-state index in [1.165, 1.54) is 0 Å². The zero-order valence-electron chi connectivity index (χ0n) is 8.74. The first-order chi connectivity index (χ1) is 6.68. The summed E-state index contributed by atoms with van der Waals surface area (Å²) in [5.74, 6) is 0.723. The molecule has 4 heteroatoms. The second-order valence-corrected chi connectivity index (χ2v) is 4.80. The maximum atomic E-state index is 5.49. The van der Waals surface area contributed by atoms with Gasteiger partial charge in [0.15, 0.2) is 0 Å². The molecule has 0 aliphatic carbocycles. The lowest BCUT2D eigenvalue weighted by atomic mass is 10.1. The minimum atomic E-state index is 0.723. The standard InChI is InChI=1S/C10H17IN2O/c1-9(2)4-7-14-8-6-13-5-3-10(11)12-13/h3,5,9H,4,6-8H2,1-2H3. The van der Waals surface area contributed by atoms with Crippen molar-refractivity contribution in [3.05, 3.63) is 16.0 Å². The fraction of sp³-hybridized carbons (Fsp3) is 0.700. The smallest absolute Gasteiger partial charge is 0.123 e. The molecule has 0 N–H and O–H groups in total. The lowest BCUT2D eigenvalue weighted by Crippen LogP contribution is -2.08. The highest BCUT2D eigenvalue weighted by molar-refractivity contribution is 14.1. The van der Waals surface area contributed by atoms with E-state index in [0.29, 0.717) is 0 Å². The van der Waals surface area contributed by atoms with Crippen molar-refractivity contribution in [3.63, 3.8) is 0 Å². The lowest BCUT2D eigenvalue weighted by molar-refractivity contribution is 0.114. The van der Waals surface area contributed by atoms with Crippen LogP contribution in [0, 0.1) is 9.62 Å². The van der Waals surface area contributed by atoms with Gasteiger partial charge in [0.25, 0.3) is 0 Å². The summed E-state index contributed by atoms with van der Waals surface area (Å²) in [6, 6.07) is 1.99. The van der Waals surface area contributed by atoms with E-state index in [-0.39, 0.29) is 0 Å². The summed E-state index contributed by atoms with van der Waals surface area (Å²) in [5.41, 5.74) is 0. The van der Waals surface area contributed by atoms with E-state index in [1.54, 1.807) is 0 Å². The van der Waals surface area contributed by atoms with Crippen LogP contribution >= 0.6 is 22.6 Å². The molecule has 0 spiro atoms. The Morgan fingerprint density at radius 2 is 2.29 bits per heavy atom. The van der Waals surface area contributed by atoms with Crippen LogP contribution in [-0.4, -0.2) is 23.0 Å². The van der Waals surface area contributed by atoms with Crippen molar-refractivity contribution >= 4 is 22.6 Å². The first-order valence-corrected chi connectivity index (χ1v) is 6.03. The van der Waals surface area contributed by atoms with Gasteiger partial charge < -0.3 is 4.74 Å². The molecular formula is C10H17IN2O. The maximum Gasteiger partial charge on any atom is 0.123 e. The second-order valence-electron chi connectivity index (χ2n) is 3.70. The molecule has 0 fully saturated rings. The molecule has 80 valence electrons.